The Bertz CT molecular complexity index is 614. The summed E-state index contributed by atoms with van der Waals surface area (Å²) in [6.07, 6.45) is 5.72. The van der Waals surface area contributed by atoms with Gasteiger partial charge in [0.15, 0.2) is 0 Å². The molecule has 5 heteroatoms. The van der Waals surface area contributed by atoms with E-state index in [1.165, 1.54) is 23.9 Å². The van der Waals surface area contributed by atoms with Gasteiger partial charge in [0.25, 0.3) is 5.56 Å². The maximum atomic E-state index is 11.7. The van der Waals surface area contributed by atoms with E-state index in [-0.39, 0.29) is 11.2 Å². The predicted octanol–water partition coefficient (Wildman–Crippen LogP) is 0.185. The molecule has 2 heterocycles. The van der Waals surface area contributed by atoms with Gasteiger partial charge in [-0.15, -0.1) is 0 Å². The third kappa shape index (κ3) is 2.50. The largest absolute Gasteiger partial charge is 0.330 e. The normalized spacial score (nSPS) is 10.4. The van der Waals surface area contributed by atoms with Gasteiger partial charge >= 0.3 is 5.69 Å². The number of aryl methyl sites for hydroxylation is 2. The first kappa shape index (κ1) is 11.3. The molecule has 0 saturated heterocycles. The summed E-state index contributed by atoms with van der Waals surface area (Å²) >= 11 is 0. The van der Waals surface area contributed by atoms with Crippen LogP contribution in [-0.4, -0.2) is 14.1 Å². The number of hydrogen-bond donors (Lipinski definition) is 0. The third-order valence-electron chi connectivity index (χ3n) is 2.62. The molecule has 0 unspecified atom stereocenters. The Balaban J connectivity index is 2.18. The van der Waals surface area contributed by atoms with Gasteiger partial charge in [-0.3, -0.25) is 14.3 Å². The second-order valence-corrected chi connectivity index (χ2v) is 3.80. The second-order valence-electron chi connectivity index (χ2n) is 3.80. The van der Waals surface area contributed by atoms with E-state index >= 15 is 0 Å². The molecule has 2 aromatic rings. The molecule has 0 radical (unpaired) electrons. The fourth-order valence-electron chi connectivity index (χ4n) is 1.58. The summed E-state index contributed by atoms with van der Waals surface area (Å²) in [5.41, 5.74) is 0.488. The zero-order valence-electron chi connectivity index (χ0n) is 9.54. The van der Waals surface area contributed by atoms with Crippen LogP contribution in [0.3, 0.4) is 0 Å². The minimum absolute atomic E-state index is 0.285. The smallest absolute Gasteiger partial charge is 0.300 e. The molecule has 0 saturated carbocycles. The molecule has 0 N–H and O–H groups in total. The topological polar surface area (TPSA) is 56.9 Å². The average Bonchev–Trinajstić information content (AvgIpc) is 2.36. The molecular formula is C12H13N3O2. The molecular weight excluding hydrogens is 218 g/mol. The molecule has 0 atom stereocenters. The second kappa shape index (κ2) is 4.78. The van der Waals surface area contributed by atoms with Crippen LogP contribution in [0.25, 0.3) is 0 Å². The van der Waals surface area contributed by atoms with Crippen molar-refractivity contribution in [1.29, 1.82) is 0 Å². The van der Waals surface area contributed by atoms with Crippen molar-refractivity contribution in [3.63, 3.8) is 0 Å². The summed E-state index contributed by atoms with van der Waals surface area (Å²) in [6.45, 7) is 0.540. The summed E-state index contributed by atoms with van der Waals surface area (Å²) in [4.78, 5) is 26.9. The van der Waals surface area contributed by atoms with E-state index in [4.69, 9.17) is 0 Å². The number of aromatic nitrogens is 3. The standard InChI is InChI=1S/C12H13N3O2/c1-14-11(16)5-8-15(12(14)17)7-4-10-3-2-6-13-9-10/h2-3,5-6,8-9H,4,7H2,1H3. The van der Waals surface area contributed by atoms with Gasteiger partial charge < -0.3 is 4.57 Å². The molecule has 0 bridgehead atoms. The van der Waals surface area contributed by atoms with E-state index in [0.29, 0.717) is 13.0 Å². The Morgan fingerprint density at radius 1 is 1.29 bits per heavy atom. The quantitative estimate of drug-likeness (QED) is 0.757. The fraction of sp³-hybridized carbons (Fsp3) is 0.250. The first-order valence-corrected chi connectivity index (χ1v) is 5.34. The number of hydrogen-bond acceptors (Lipinski definition) is 3. The van der Waals surface area contributed by atoms with Crippen LogP contribution in [0, 0.1) is 0 Å². The van der Waals surface area contributed by atoms with Gasteiger partial charge in [0, 0.05) is 38.2 Å². The van der Waals surface area contributed by atoms with Gasteiger partial charge in [0.05, 0.1) is 0 Å². The van der Waals surface area contributed by atoms with Crippen molar-refractivity contribution >= 4 is 0 Å². The number of nitrogens with zero attached hydrogens (tertiary/aromatic N) is 3. The molecule has 88 valence electrons. The van der Waals surface area contributed by atoms with Crippen LogP contribution in [-0.2, 0) is 20.0 Å². The molecule has 2 aromatic heterocycles. The zero-order chi connectivity index (χ0) is 12.3. The predicted molar refractivity (Wildman–Crippen MR) is 63.9 cm³/mol. The van der Waals surface area contributed by atoms with E-state index in [0.717, 1.165) is 10.1 Å². The summed E-state index contributed by atoms with van der Waals surface area (Å²) in [7, 11) is 1.48. The maximum Gasteiger partial charge on any atom is 0.330 e. The lowest BCUT2D eigenvalue weighted by Crippen LogP contribution is -2.37. The van der Waals surface area contributed by atoms with E-state index in [9.17, 15) is 9.59 Å². The van der Waals surface area contributed by atoms with Crippen LogP contribution in [0.15, 0.2) is 46.4 Å². The molecule has 2 rings (SSSR count). The van der Waals surface area contributed by atoms with Crippen LogP contribution in [0.1, 0.15) is 5.56 Å². The van der Waals surface area contributed by atoms with Crippen LogP contribution in [0.2, 0.25) is 0 Å². The number of rotatable bonds is 3. The minimum atomic E-state index is -0.290. The molecule has 0 fully saturated rings. The molecule has 0 amide bonds. The summed E-state index contributed by atoms with van der Waals surface area (Å²) < 4.78 is 2.62. The maximum absolute atomic E-state index is 11.7. The highest BCUT2D eigenvalue weighted by atomic mass is 16.2. The first-order valence-electron chi connectivity index (χ1n) is 5.34. The summed E-state index contributed by atoms with van der Waals surface area (Å²) in [5, 5.41) is 0. The van der Waals surface area contributed by atoms with Crippen LogP contribution in [0.5, 0.6) is 0 Å². The molecule has 0 aliphatic carbocycles. The highest BCUT2D eigenvalue weighted by molar-refractivity contribution is 5.08. The molecule has 0 aromatic carbocycles. The molecule has 0 aliphatic heterocycles. The molecule has 0 spiro atoms. The van der Waals surface area contributed by atoms with Gasteiger partial charge in [0.2, 0.25) is 0 Å². The molecule has 0 aliphatic rings. The summed E-state index contributed by atoms with van der Waals surface area (Å²) in [6, 6.07) is 5.21. The Hall–Kier alpha value is -2.17. The van der Waals surface area contributed by atoms with Crippen molar-refractivity contribution in [2.45, 2.75) is 13.0 Å². The van der Waals surface area contributed by atoms with Crippen LogP contribution < -0.4 is 11.2 Å². The lowest BCUT2D eigenvalue weighted by Gasteiger charge is -2.06. The Morgan fingerprint density at radius 3 is 2.82 bits per heavy atom. The third-order valence-corrected chi connectivity index (χ3v) is 2.62. The Labute approximate surface area is 98.0 Å². The van der Waals surface area contributed by atoms with Crippen molar-refractivity contribution < 1.29 is 0 Å². The van der Waals surface area contributed by atoms with Crippen LogP contribution >= 0.6 is 0 Å². The lowest BCUT2D eigenvalue weighted by atomic mass is 10.2. The van der Waals surface area contributed by atoms with Gasteiger partial charge in [-0.2, -0.15) is 0 Å². The first-order chi connectivity index (χ1) is 8.18. The van der Waals surface area contributed by atoms with E-state index in [1.807, 2.05) is 12.1 Å². The summed E-state index contributed by atoms with van der Waals surface area (Å²) in [5.74, 6) is 0. The fourth-order valence-corrected chi connectivity index (χ4v) is 1.58. The average molecular weight is 231 g/mol. The lowest BCUT2D eigenvalue weighted by molar-refractivity contribution is 0.598. The van der Waals surface area contributed by atoms with Gasteiger partial charge in [-0.05, 0) is 18.1 Å². The van der Waals surface area contributed by atoms with Crippen molar-refractivity contribution in [2.75, 3.05) is 0 Å². The van der Waals surface area contributed by atoms with Crippen molar-refractivity contribution in [2.24, 2.45) is 7.05 Å². The highest BCUT2D eigenvalue weighted by Crippen LogP contribution is 1.97. The molecule has 17 heavy (non-hydrogen) atoms. The molecule has 5 nitrogen and oxygen atoms in total. The highest BCUT2D eigenvalue weighted by Gasteiger charge is 2.01. The van der Waals surface area contributed by atoms with Crippen LogP contribution in [0.4, 0.5) is 0 Å². The Kier molecular flexibility index (Phi) is 3.18. The van der Waals surface area contributed by atoms with E-state index < -0.39 is 0 Å². The Morgan fingerprint density at radius 2 is 2.12 bits per heavy atom. The number of pyridine rings is 1. The van der Waals surface area contributed by atoms with Gasteiger partial charge in [-0.25, -0.2) is 4.79 Å². The van der Waals surface area contributed by atoms with E-state index in [2.05, 4.69) is 4.98 Å². The van der Waals surface area contributed by atoms with Crippen molar-refractivity contribution in [3.05, 3.63) is 63.2 Å². The van der Waals surface area contributed by atoms with Crippen molar-refractivity contribution in [1.82, 2.24) is 14.1 Å². The van der Waals surface area contributed by atoms with E-state index in [1.54, 1.807) is 12.4 Å². The monoisotopic (exact) mass is 231 g/mol. The van der Waals surface area contributed by atoms with Gasteiger partial charge in [-0.1, -0.05) is 6.07 Å². The zero-order valence-corrected chi connectivity index (χ0v) is 9.54. The SMILES string of the molecule is Cn1c(=O)ccn(CCc2cccnc2)c1=O. The van der Waals surface area contributed by atoms with Gasteiger partial charge in [0.1, 0.15) is 0 Å². The van der Waals surface area contributed by atoms with Crippen molar-refractivity contribution in [3.8, 4) is 0 Å². The minimum Gasteiger partial charge on any atom is -0.300 e.